The van der Waals surface area contributed by atoms with Gasteiger partial charge in [-0.25, -0.2) is 0 Å². The van der Waals surface area contributed by atoms with E-state index >= 15 is 0 Å². The fourth-order valence-electron chi connectivity index (χ4n) is 3.34. The second-order valence-corrected chi connectivity index (χ2v) is 30.8. The summed E-state index contributed by atoms with van der Waals surface area (Å²) in [7, 11) is -7.38. The minimum absolute atomic E-state index is 1.08. The van der Waals surface area contributed by atoms with Crippen LogP contribution in [0, 0.1) is 0 Å². The highest BCUT2D eigenvalue weighted by Gasteiger charge is 2.48. The van der Waals surface area contributed by atoms with Crippen molar-refractivity contribution < 1.29 is 0 Å². The van der Waals surface area contributed by atoms with Crippen LogP contribution in [0.3, 0.4) is 0 Å². The zero-order valence-electron chi connectivity index (χ0n) is 18.1. The Balaban J connectivity index is 0.000000508. The minimum Gasteiger partial charge on any atom is -0.330 e. The molecule has 1 saturated heterocycles. The summed E-state index contributed by atoms with van der Waals surface area (Å²) in [6, 6.07) is 0. The lowest BCUT2D eigenvalue weighted by molar-refractivity contribution is 1.07. The second-order valence-electron chi connectivity index (χ2n) is 9.16. The van der Waals surface area contributed by atoms with E-state index in [9.17, 15) is 0 Å². The zero-order valence-corrected chi connectivity index (χ0v) is 23.1. The topological polar surface area (TPSA) is 36.1 Å². The van der Waals surface area contributed by atoms with Gasteiger partial charge in [0.2, 0.25) is 25.2 Å². The van der Waals surface area contributed by atoms with Gasteiger partial charge in [0, 0.05) is 0 Å². The van der Waals surface area contributed by atoms with Crippen molar-refractivity contribution in [3.8, 4) is 0 Å². The minimum atomic E-state index is -1.74. The molecular formula is C18H41N3Si5. The molecule has 0 aliphatic carbocycles. The number of hydrogen-bond donors (Lipinski definition) is 3. The quantitative estimate of drug-likeness (QED) is 0.509. The molecule has 8 heteroatoms. The Hall–Kier alpha value is -0.336. The summed E-state index contributed by atoms with van der Waals surface area (Å²) < 4.78 is 11.1. The van der Waals surface area contributed by atoms with E-state index in [0.717, 1.165) is 0 Å². The Morgan fingerprint density at radius 3 is 1.00 bits per heavy atom. The first-order chi connectivity index (χ1) is 11.6. The van der Waals surface area contributed by atoms with Gasteiger partial charge in [0.05, 0.1) is 16.1 Å². The number of rotatable bonds is 7. The van der Waals surface area contributed by atoms with Gasteiger partial charge in [0.15, 0.2) is 0 Å². The molecular weight excluding hydrogens is 399 g/mol. The summed E-state index contributed by atoms with van der Waals surface area (Å²) in [4.78, 5) is 0. The summed E-state index contributed by atoms with van der Waals surface area (Å²) in [6.07, 6.45) is 0. The van der Waals surface area contributed by atoms with E-state index in [1.165, 1.54) is 5.67 Å². The highest BCUT2D eigenvalue weighted by Crippen LogP contribution is 2.20. The first-order valence-electron chi connectivity index (χ1n) is 9.19. The van der Waals surface area contributed by atoms with Gasteiger partial charge in [-0.05, 0) is 19.6 Å². The summed E-state index contributed by atoms with van der Waals surface area (Å²) in [5, 5.41) is 0. The van der Waals surface area contributed by atoms with E-state index in [1.807, 2.05) is 0 Å². The van der Waals surface area contributed by atoms with Crippen LogP contribution in [-0.2, 0) is 0 Å². The van der Waals surface area contributed by atoms with Crippen LogP contribution in [-0.4, -0.2) is 41.3 Å². The molecule has 148 valence electrons. The predicted octanol–water partition coefficient (Wildman–Crippen LogP) is 4.55. The van der Waals surface area contributed by atoms with Gasteiger partial charge < -0.3 is 13.9 Å². The molecule has 26 heavy (non-hydrogen) atoms. The van der Waals surface area contributed by atoms with Gasteiger partial charge in [0.25, 0.3) is 0 Å². The van der Waals surface area contributed by atoms with Crippen LogP contribution < -0.4 is 13.9 Å². The van der Waals surface area contributed by atoms with Crippen molar-refractivity contribution in [3.05, 3.63) is 61.4 Å². The van der Waals surface area contributed by atoms with Crippen molar-refractivity contribution in [2.45, 2.75) is 51.5 Å². The van der Waals surface area contributed by atoms with E-state index in [2.05, 4.69) is 121 Å². The average molecular weight is 440 g/mol. The third-order valence-corrected chi connectivity index (χ3v) is 29.2. The molecule has 0 aromatic carbocycles. The predicted molar refractivity (Wildman–Crippen MR) is 135 cm³/mol. The normalized spacial score (nSPS) is 31.8. The molecule has 0 saturated carbocycles. The molecule has 0 amide bonds. The third-order valence-electron chi connectivity index (χ3n) is 4.80. The Labute approximate surface area is 168 Å². The van der Waals surface area contributed by atoms with Crippen LogP contribution in [0.5, 0.6) is 0 Å². The van der Waals surface area contributed by atoms with Gasteiger partial charge >= 0.3 is 0 Å². The Morgan fingerprint density at radius 2 is 0.846 bits per heavy atom. The van der Waals surface area contributed by atoms with Crippen LogP contribution in [0.15, 0.2) is 61.4 Å². The van der Waals surface area contributed by atoms with Crippen molar-refractivity contribution in [2.75, 3.05) is 0 Å². The van der Waals surface area contributed by atoms with Gasteiger partial charge in [-0.2, -0.15) is 0 Å². The molecule has 0 bridgehead atoms. The standard InChI is InChI=1S/C9H21N3Si3.C9H20Si2/c1-7-13(4)10-14(5,8-2)12-15(6,9-3)11-13;1-7-10(3,4)9-11(5,6)8-2/h7-12H,1-3H2,4-6H3;7-8H,1-2,9H2,3-6H3. The summed E-state index contributed by atoms with van der Waals surface area (Å²) in [5.41, 5.74) is 11.9. The maximum atomic E-state index is 3.94. The molecule has 0 aromatic rings. The van der Waals surface area contributed by atoms with Gasteiger partial charge in [-0.1, -0.05) is 49.0 Å². The van der Waals surface area contributed by atoms with Gasteiger partial charge in [0.1, 0.15) is 0 Å². The summed E-state index contributed by atoms with van der Waals surface area (Å²) in [5.74, 6) is 0. The van der Waals surface area contributed by atoms with E-state index in [0.29, 0.717) is 0 Å². The lowest BCUT2D eigenvalue weighted by Gasteiger charge is -2.49. The molecule has 0 spiro atoms. The molecule has 0 unspecified atom stereocenters. The summed E-state index contributed by atoms with van der Waals surface area (Å²) >= 11 is 0. The van der Waals surface area contributed by atoms with Crippen LogP contribution in [0.25, 0.3) is 0 Å². The van der Waals surface area contributed by atoms with Crippen LogP contribution in [0.4, 0.5) is 0 Å². The molecule has 1 aliphatic heterocycles. The van der Waals surface area contributed by atoms with Crippen molar-refractivity contribution >= 4 is 41.3 Å². The smallest absolute Gasteiger partial charge is 0.212 e. The van der Waals surface area contributed by atoms with Crippen molar-refractivity contribution in [3.63, 3.8) is 0 Å². The maximum absolute atomic E-state index is 3.94. The monoisotopic (exact) mass is 439 g/mol. The van der Waals surface area contributed by atoms with Gasteiger partial charge in [-0.15, -0.1) is 44.3 Å². The van der Waals surface area contributed by atoms with Gasteiger partial charge in [-0.3, -0.25) is 0 Å². The molecule has 1 aliphatic rings. The Bertz CT molecular complexity index is 485. The number of hydrogen-bond acceptors (Lipinski definition) is 3. The van der Waals surface area contributed by atoms with Crippen molar-refractivity contribution in [1.82, 2.24) is 13.9 Å². The molecule has 0 radical (unpaired) electrons. The van der Waals surface area contributed by atoms with E-state index < -0.39 is 41.3 Å². The summed E-state index contributed by atoms with van der Waals surface area (Å²) in [6.45, 7) is 35.8. The lowest BCUT2D eigenvalue weighted by atomic mass is 11.3. The highest BCUT2D eigenvalue weighted by atomic mass is 28.5. The molecule has 3 N–H and O–H groups in total. The van der Waals surface area contributed by atoms with Crippen LogP contribution in [0.1, 0.15) is 0 Å². The molecule has 1 heterocycles. The molecule has 1 rings (SSSR count). The lowest BCUT2D eigenvalue weighted by Crippen LogP contribution is -2.89. The maximum Gasteiger partial charge on any atom is 0.212 e. The Morgan fingerprint density at radius 1 is 0.615 bits per heavy atom. The fourth-order valence-corrected chi connectivity index (χ4v) is 31.7. The second kappa shape index (κ2) is 9.24. The van der Waals surface area contributed by atoms with Crippen molar-refractivity contribution in [1.29, 1.82) is 0 Å². The first kappa shape index (κ1) is 25.7. The van der Waals surface area contributed by atoms with E-state index in [4.69, 9.17) is 0 Å². The first-order valence-corrected chi connectivity index (χ1v) is 23.5. The largest absolute Gasteiger partial charge is 0.330 e. The molecule has 0 aromatic heterocycles. The highest BCUT2D eigenvalue weighted by molar-refractivity contribution is 7.09. The Kier molecular flexibility index (Phi) is 9.12. The van der Waals surface area contributed by atoms with Crippen LogP contribution in [0.2, 0.25) is 51.5 Å². The van der Waals surface area contributed by atoms with E-state index in [1.54, 1.807) is 0 Å². The number of nitrogens with one attached hydrogen (secondary N) is 3. The molecule has 0 atom stereocenters. The molecule has 3 nitrogen and oxygen atoms in total. The molecule has 1 fully saturated rings. The van der Waals surface area contributed by atoms with Crippen LogP contribution >= 0.6 is 0 Å². The third kappa shape index (κ3) is 8.13. The fraction of sp³-hybridized carbons (Fsp3) is 0.444. The SMILES string of the molecule is C=C[Si](C)(C)C[Si](C)(C)C=C.C=C[Si]1(C)N[Si](C)(C=C)N[Si](C)(C=C)N1. The zero-order chi connectivity index (χ0) is 20.9. The van der Waals surface area contributed by atoms with Crippen molar-refractivity contribution in [2.24, 2.45) is 0 Å². The average Bonchev–Trinajstić information content (AvgIpc) is 2.53. The van der Waals surface area contributed by atoms with E-state index in [-0.39, 0.29) is 0 Å².